The average Bonchev–Trinajstić information content (AvgIpc) is 2.75. The highest BCUT2D eigenvalue weighted by molar-refractivity contribution is 7.07. The predicted molar refractivity (Wildman–Crippen MR) is 57.4 cm³/mol. The average molecular weight is 208 g/mol. The van der Waals surface area contributed by atoms with Crippen molar-refractivity contribution in [3.8, 4) is 0 Å². The van der Waals surface area contributed by atoms with Crippen LogP contribution in [0.1, 0.15) is 18.7 Å². The first-order chi connectivity index (χ1) is 6.75. The molecular formula is C9H12N4S. The van der Waals surface area contributed by atoms with Gasteiger partial charge in [0.2, 0.25) is 0 Å². The minimum atomic E-state index is 0.205. The van der Waals surface area contributed by atoms with Gasteiger partial charge < -0.3 is 5.32 Å². The smallest absolute Gasteiger partial charge is 0.148 e. The Morgan fingerprint density at radius 3 is 3.00 bits per heavy atom. The van der Waals surface area contributed by atoms with Crippen LogP contribution in [0.25, 0.3) is 0 Å². The van der Waals surface area contributed by atoms with E-state index in [9.17, 15) is 0 Å². The summed E-state index contributed by atoms with van der Waals surface area (Å²) in [5.41, 5.74) is 2.90. The molecule has 2 aromatic heterocycles. The van der Waals surface area contributed by atoms with Crippen molar-refractivity contribution in [3.63, 3.8) is 0 Å². The van der Waals surface area contributed by atoms with Gasteiger partial charge in [-0.3, -0.25) is 4.68 Å². The minimum Gasteiger partial charge on any atom is -0.360 e. The SMILES string of the molecule is CC(Nc1ccn(C)n1)c1cscn1. The lowest BCUT2D eigenvalue weighted by atomic mass is 10.2. The van der Waals surface area contributed by atoms with Crippen LogP contribution in [-0.4, -0.2) is 14.8 Å². The molecule has 2 heterocycles. The van der Waals surface area contributed by atoms with Crippen LogP contribution in [0, 0.1) is 0 Å². The molecule has 0 saturated carbocycles. The first kappa shape index (κ1) is 9.21. The van der Waals surface area contributed by atoms with E-state index in [0.29, 0.717) is 0 Å². The summed E-state index contributed by atoms with van der Waals surface area (Å²) in [6.07, 6.45) is 1.91. The number of anilines is 1. The third kappa shape index (κ3) is 1.93. The molecule has 0 amide bonds. The molecule has 4 nitrogen and oxygen atoms in total. The molecule has 2 aromatic rings. The number of aromatic nitrogens is 3. The first-order valence-electron chi connectivity index (χ1n) is 4.40. The van der Waals surface area contributed by atoms with E-state index in [4.69, 9.17) is 0 Å². The van der Waals surface area contributed by atoms with Gasteiger partial charge in [0.15, 0.2) is 0 Å². The molecule has 0 bridgehead atoms. The monoisotopic (exact) mass is 208 g/mol. The van der Waals surface area contributed by atoms with Gasteiger partial charge >= 0.3 is 0 Å². The maximum Gasteiger partial charge on any atom is 0.148 e. The zero-order chi connectivity index (χ0) is 9.97. The molecule has 0 fully saturated rings. The summed E-state index contributed by atoms with van der Waals surface area (Å²) in [6.45, 7) is 2.07. The van der Waals surface area contributed by atoms with Crippen LogP contribution in [0.15, 0.2) is 23.2 Å². The van der Waals surface area contributed by atoms with Crippen LogP contribution in [0.4, 0.5) is 5.82 Å². The molecule has 0 radical (unpaired) electrons. The van der Waals surface area contributed by atoms with Crippen molar-refractivity contribution in [2.45, 2.75) is 13.0 Å². The second kappa shape index (κ2) is 3.79. The molecule has 0 aliphatic rings. The number of aryl methyl sites for hydroxylation is 1. The topological polar surface area (TPSA) is 42.7 Å². The summed E-state index contributed by atoms with van der Waals surface area (Å²) in [5, 5.41) is 9.56. The van der Waals surface area contributed by atoms with Crippen LogP contribution in [0.3, 0.4) is 0 Å². The van der Waals surface area contributed by atoms with Crippen LogP contribution < -0.4 is 5.32 Å². The summed E-state index contributed by atoms with van der Waals surface area (Å²) >= 11 is 1.61. The molecule has 74 valence electrons. The van der Waals surface area contributed by atoms with Crippen molar-refractivity contribution in [3.05, 3.63) is 28.8 Å². The predicted octanol–water partition coefficient (Wildman–Crippen LogP) is 2.05. The Morgan fingerprint density at radius 2 is 2.43 bits per heavy atom. The van der Waals surface area contributed by atoms with Gasteiger partial charge in [-0.1, -0.05) is 0 Å². The van der Waals surface area contributed by atoms with E-state index in [1.54, 1.807) is 16.0 Å². The lowest BCUT2D eigenvalue weighted by molar-refractivity contribution is 0.757. The molecular weight excluding hydrogens is 196 g/mol. The molecule has 0 spiro atoms. The van der Waals surface area contributed by atoms with E-state index in [0.717, 1.165) is 11.5 Å². The van der Waals surface area contributed by atoms with Gasteiger partial charge in [-0.2, -0.15) is 5.10 Å². The summed E-state index contributed by atoms with van der Waals surface area (Å²) in [4.78, 5) is 4.24. The Bertz CT molecular complexity index is 393. The third-order valence-electron chi connectivity index (χ3n) is 1.97. The normalized spacial score (nSPS) is 12.7. The van der Waals surface area contributed by atoms with Crippen molar-refractivity contribution in [2.24, 2.45) is 7.05 Å². The Labute approximate surface area is 86.6 Å². The van der Waals surface area contributed by atoms with Gasteiger partial charge in [-0.25, -0.2) is 4.98 Å². The number of hydrogen-bond acceptors (Lipinski definition) is 4. The minimum absolute atomic E-state index is 0.205. The Kier molecular flexibility index (Phi) is 2.49. The second-order valence-corrected chi connectivity index (χ2v) is 3.87. The standard InChI is InChI=1S/C9H12N4S/c1-7(8-5-14-6-10-8)11-9-3-4-13(2)12-9/h3-7H,1-2H3,(H,11,12). The molecule has 0 saturated heterocycles. The lowest BCUT2D eigenvalue weighted by Crippen LogP contribution is -2.07. The van der Waals surface area contributed by atoms with Crippen molar-refractivity contribution >= 4 is 17.2 Å². The van der Waals surface area contributed by atoms with Gasteiger partial charge in [0.1, 0.15) is 5.82 Å². The molecule has 0 aliphatic carbocycles. The Morgan fingerprint density at radius 1 is 1.57 bits per heavy atom. The molecule has 5 heteroatoms. The molecule has 1 unspecified atom stereocenters. The molecule has 2 rings (SSSR count). The van der Waals surface area contributed by atoms with Crippen molar-refractivity contribution in [1.82, 2.24) is 14.8 Å². The van der Waals surface area contributed by atoms with E-state index < -0.39 is 0 Å². The zero-order valence-corrected chi connectivity index (χ0v) is 8.95. The summed E-state index contributed by atoms with van der Waals surface area (Å²) in [6, 6.07) is 2.15. The van der Waals surface area contributed by atoms with Crippen LogP contribution >= 0.6 is 11.3 Å². The van der Waals surface area contributed by atoms with Crippen LogP contribution in [0.5, 0.6) is 0 Å². The third-order valence-corrected chi connectivity index (χ3v) is 2.58. The quantitative estimate of drug-likeness (QED) is 0.839. The highest BCUT2D eigenvalue weighted by Gasteiger charge is 2.07. The first-order valence-corrected chi connectivity index (χ1v) is 5.34. The van der Waals surface area contributed by atoms with Gasteiger partial charge in [-0.15, -0.1) is 11.3 Å². The van der Waals surface area contributed by atoms with Crippen molar-refractivity contribution in [1.29, 1.82) is 0 Å². The molecule has 14 heavy (non-hydrogen) atoms. The summed E-state index contributed by atoms with van der Waals surface area (Å²) in [5.74, 6) is 0.882. The highest BCUT2D eigenvalue weighted by Crippen LogP contribution is 2.16. The fourth-order valence-corrected chi connectivity index (χ4v) is 1.87. The highest BCUT2D eigenvalue weighted by atomic mass is 32.1. The molecule has 0 aliphatic heterocycles. The van der Waals surface area contributed by atoms with E-state index >= 15 is 0 Å². The molecule has 1 atom stereocenters. The lowest BCUT2D eigenvalue weighted by Gasteiger charge is -2.09. The van der Waals surface area contributed by atoms with E-state index in [-0.39, 0.29) is 6.04 Å². The Balaban J connectivity index is 2.05. The number of thiazole rings is 1. The Hall–Kier alpha value is -1.36. The van der Waals surface area contributed by atoms with Crippen molar-refractivity contribution < 1.29 is 0 Å². The number of rotatable bonds is 3. The largest absolute Gasteiger partial charge is 0.360 e. The summed E-state index contributed by atoms with van der Waals surface area (Å²) in [7, 11) is 1.90. The maximum atomic E-state index is 4.24. The summed E-state index contributed by atoms with van der Waals surface area (Å²) < 4.78 is 1.77. The molecule has 0 aromatic carbocycles. The maximum absolute atomic E-state index is 4.24. The number of hydrogen-bond donors (Lipinski definition) is 1. The van der Waals surface area contributed by atoms with E-state index in [2.05, 4.69) is 22.3 Å². The van der Waals surface area contributed by atoms with Gasteiger partial charge in [0, 0.05) is 24.7 Å². The van der Waals surface area contributed by atoms with E-state index in [1.807, 2.05) is 30.2 Å². The number of nitrogens with one attached hydrogen (secondary N) is 1. The number of nitrogens with zero attached hydrogens (tertiary/aromatic N) is 3. The molecule has 1 N–H and O–H groups in total. The van der Waals surface area contributed by atoms with E-state index in [1.165, 1.54) is 0 Å². The second-order valence-electron chi connectivity index (χ2n) is 3.15. The zero-order valence-electron chi connectivity index (χ0n) is 8.14. The van der Waals surface area contributed by atoms with Crippen LogP contribution in [0.2, 0.25) is 0 Å². The fourth-order valence-electron chi connectivity index (χ4n) is 1.22. The van der Waals surface area contributed by atoms with Gasteiger partial charge in [0.05, 0.1) is 17.2 Å². The van der Waals surface area contributed by atoms with Crippen LogP contribution in [-0.2, 0) is 7.05 Å². The van der Waals surface area contributed by atoms with Gasteiger partial charge in [0.25, 0.3) is 0 Å². The van der Waals surface area contributed by atoms with Gasteiger partial charge in [-0.05, 0) is 6.92 Å². The fraction of sp³-hybridized carbons (Fsp3) is 0.333. The van der Waals surface area contributed by atoms with Crippen molar-refractivity contribution in [2.75, 3.05) is 5.32 Å².